The monoisotopic (exact) mass is 255 g/mol. The zero-order chi connectivity index (χ0) is 12.9. The van der Waals surface area contributed by atoms with Crippen molar-refractivity contribution in [1.29, 1.82) is 0 Å². The van der Waals surface area contributed by atoms with Gasteiger partial charge in [-0.2, -0.15) is 0 Å². The molecule has 2 heterocycles. The second-order valence-electron chi connectivity index (χ2n) is 4.65. The van der Waals surface area contributed by atoms with Crippen molar-refractivity contribution in [3.8, 4) is 11.4 Å². The molecule has 1 atom stereocenters. The first-order valence-electron chi connectivity index (χ1n) is 6.66. The van der Waals surface area contributed by atoms with Crippen molar-refractivity contribution < 1.29 is 4.74 Å². The second-order valence-corrected chi connectivity index (χ2v) is 4.65. The molecular weight excluding hydrogens is 238 g/mol. The first kappa shape index (κ1) is 12.1. The fourth-order valence-corrected chi connectivity index (χ4v) is 2.21. The largest absolute Gasteiger partial charge is 0.376 e. The van der Waals surface area contributed by atoms with E-state index in [1.54, 1.807) is 6.20 Å². The summed E-state index contributed by atoms with van der Waals surface area (Å²) < 4.78 is 5.58. The third-order valence-electron chi connectivity index (χ3n) is 3.22. The van der Waals surface area contributed by atoms with Crippen LogP contribution in [0, 0.1) is 0 Å². The minimum atomic E-state index is 0.315. The molecule has 4 nitrogen and oxygen atoms in total. The Kier molecular flexibility index (Phi) is 3.70. The molecule has 0 amide bonds. The van der Waals surface area contributed by atoms with Crippen LogP contribution in [0.5, 0.6) is 0 Å². The number of anilines is 1. The minimum absolute atomic E-state index is 0.315. The molecular formula is C15H17N3O. The average Bonchev–Trinajstić information content (AvgIpc) is 3.00. The number of rotatable bonds is 4. The summed E-state index contributed by atoms with van der Waals surface area (Å²) in [6.07, 6.45) is 4.39. The first-order valence-corrected chi connectivity index (χ1v) is 6.66. The average molecular weight is 255 g/mol. The molecule has 1 aromatic heterocycles. The van der Waals surface area contributed by atoms with Crippen molar-refractivity contribution in [3.05, 3.63) is 42.6 Å². The van der Waals surface area contributed by atoms with Gasteiger partial charge in [0, 0.05) is 24.9 Å². The van der Waals surface area contributed by atoms with Crippen LogP contribution < -0.4 is 5.32 Å². The summed E-state index contributed by atoms with van der Waals surface area (Å²) in [7, 11) is 0. The highest BCUT2D eigenvalue weighted by atomic mass is 16.5. The molecule has 0 bridgehead atoms. The number of hydrogen-bond donors (Lipinski definition) is 1. The lowest BCUT2D eigenvalue weighted by atomic mass is 10.2. The number of nitrogens with zero attached hydrogens (tertiary/aromatic N) is 2. The van der Waals surface area contributed by atoms with Gasteiger partial charge >= 0.3 is 0 Å². The molecule has 1 saturated heterocycles. The van der Waals surface area contributed by atoms with E-state index in [-0.39, 0.29) is 0 Å². The molecule has 98 valence electrons. The lowest BCUT2D eigenvalue weighted by Gasteiger charge is -2.11. The van der Waals surface area contributed by atoms with Crippen molar-refractivity contribution in [2.24, 2.45) is 0 Å². The summed E-state index contributed by atoms with van der Waals surface area (Å²) in [5.74, 6) is 1.60. The Balaban J connectivity index is 1.69. The van der Waals surface area contributed by atoms with Gasteiger partial charge in [-0.3, -0.25) is 0 Å². The van der Waals surface area contributed by atoms with E-state index in [0.717, 1.165) is 43.2 Å². The Hall–Kier alpha value is -1.94. The van der Waals surface area contributed by atoms with E-state index >= 15 is 0 Å². The van der Waals surface area contributed by atoms with E-state index < -0.39 is 0 Å². The highest BCUT2D eigenvalue weighted by molar-refractivity contribution is 5.56. The summed E-state index contributed by atoms with van der Waals surface area (Å²) in [5.41, 5.74) is 1.03. The summed E-state index contributed by atoms with van der Waals surface area (Å²) in [6, 6.07) is 11.9. The van der Waals surface area contributed by atoms with Crippen LogP contribution in [0.3, 0.4) is 0 Å². The van der Waals surface area contributed by atoms with Gasteiger partial charge in [0.25, 0.3) is 0 Å². The van der Waals surface area contributed by atoms with Crippen LogP contribution in [0.25, 0.3) is 11.4 Å². The molecule has 2 aromatic rings. The molecule has 0 aliphatic carbocycles. The summed E-state index contributed by atoms with van der Waals surface area (Å²) in [6.45, 7) is 1.69. The molecule has 1 aromatic carbocycles. The molecule has 19 heavy (non-hydrogen) atoms. The molecule has 1 aliphatic heterocycles. The minimum Gasteiger partial charge on any atom is -0.376 e. The first-order chi connectivity index (χ1) is 9.42. The van der Waals surface area contributed by atoms with Crippen LogP contribution >= 0.6 is 0 Å². The van der Waals surface area contributed by atoms with E-state index in [4.69, 9.17) is 4.74 Å². The lowest BCUT2D eigenvalue weighted by Crippen LogP contribution is -2.19. The maximum atomic E-state index is 5.58. The van der Waals surface area contributed by atoms with Gasteiger partial charge < -0.3 is 10.1 Å². The number of aromatic nitrogens is 2. The molecule has 0 spiro atoms. The van der Waals surface area contributed by atoms with Gasteiger partial charge in [0.2, 0.25) is 0 Å². The molecule has 0 saturated carbocycles. The summed E-state index contributed by atoms with van der Waals surface area (Å²) in [4.78, 5) is 8.83. The maximum absolute atomic E-state index is 5.58. The number of ether oxygens (including phenoxy) is 1. The Bertz CT molecular complexity index is 524. The smallest absolute Gasteiger partial charge is 0.161 e. The highest BCUT2D eigenvalue weighted by Crippen LogP contribution is 2.16. The second kappa shape index (κ2) is 5.80. The van der Waals surface area contributed by atoms with Gasteiger partial charge in [-0.25, -0.2) is 9.97 Å². The molecule has 1 aliphatic rings. The van der Waals surface area contributed by atoms with E-state index in [9.17, 15) is 0 Å². The quantitative estimate of drug-likeness (QED) is 0.912. The number of nitrogens with one attached hydrogen (secondary N) is 1. The molecule has 1 N–H and O–H groups in total. The van der Waals surface area contributed by atoms with Crippen LogP contribution in [-0.2, 0) is 4.74 Å². The van der Waals surface area contributed by atoms with Gasteiger partial charge in [-0.15, -0.1) is 0 Å². The van der Waals surface area contributed by atoms with Gasteiger partial charge in [0.1, 0.15) is 5.82 Å². The highest BCUT2D eigenvalue weighted by Gasteiger charge is 2.15. The van der Waals surface area contributed by atoms with E-state index in [1.807, 2.05) is 36.4 Å². The van der Waals surface area contributed by atoms with Gasteiger partial charge in [0.15, 0.2) is 5.82 Å². The Morgan fingerprint density at radius 1 is 1.21 bits per heavy atom. The fourth-order valence-electron chi connectivity index (χ4n) is 2.21. The lowest BCUT2D eigenvalue weighted by molar-refractivity contribution is 0.120. The molecule has 1 fully saturated rings. The standard InChI is InChI=1S/C15H17N3O/c1-2-5-12(6-3-1)15-16-9-8-14(18-15)17-11-13-7-4-10-19-13/h1-3,5-6,8-9,13H,4,7,10-11H2,(H,16,17,18). The Morgan fingerprint density at radius 2 is 2.11 bits per heavy atom. The van der Waals surface area contributed by atoms with Gasteiger partial charge in [-0.1, -0.05) is 30.3 Å². The van der Waals surface area contributed by atoms with Crippen LogP contribution in [-0.4, -0.2) is 29.2 Å². The topological polar surface area (TPSA) is 47.0 Å². The van der Waals surface area contributed by atoms with Crippen LogP contribution in [0.2, 0.25) is 0 Å². The van der Waals surface area contributed by atoms with Crippen molar-refractivity contribution in [2.45, 2.75) is 18.9 Å². The fraction of sp³-hybridized carbons (Fsp3) is 0.333. The zero-order valence-electron chi connectivity index (χ0n) is 10.7. The van der Waals surface area contributed by atoms with Crippen LogP contribution in [0.1, 0.15) is 12.8 Å². The Labute approximate surface area is 112 Å². The summed E-state index contributed by atoms with van der Waals surface area (Å²) >= 11 is 0. The molecule has 1 unspecified atom stereocenters. The van der Waals surface area contributed by atoms with E-state index in [0.29, 0.717) is 6.10 Å². The van der Waals surface area contributed by atoms with E-state index in [2.05, 4.69) is 15.3 Å². The Morgan fingerprint density at radius 3 is 2.89 bits per heavy atom. The number of benzene rings is 1. The van der Waals surface area contributed by atoms with Crippen LogP contribution in [0.15, 0.2) is 42.6 Å². The number of hydrogen-bond acceptors (Lipinski definition) is 4. The van der Waals surface area contributed by atoms with Gasteiger partial charge in [-0.05, 0) is 18.9 Å². The van der Waals surface area contributed by atoms with Crippen molar-refractivity contribution in [1.82, 2.24) is 9.97 Å². The van der Waals surface area contributed by atoms with Crippen molar-refractivity contribution in [3.63, 3.8) is 0 Å². The molecule has 0 radical (unpaired) electrons. The zero-order valence-corrected chi connectivity index (χ0v) is 10.7. The van der Waals surface area contributed by atoms with E-state index in [1.165, 1.54) is 0 Å². The normalized spacial score (nSPS) is 18.4. The third kappa shape index (κ3) is 3.09. The SMILES string of the molecule is c1ccc(-c2nccc(NCC3CCCO3)n2)cc1. The van der Waals surface area contributed by atoms with Crippen LogP contribution in [0.4, 0.5) is 5.82 Å². The maximum Gasteiger partial charge on any atom is 0.161 e. The van der Waals surface area contributed by atoms with Gasteiger partial charge in [0.05, 0.1) is 6.10 Å². The predicted molar refractivity (Wildman–Crippen MR) is 74.9 cm³/mol. The van der Waals surface area contributed by atoms with Crippen molar-refractivity contribution in [2.75, 3.05) is 18.5 Å². The molecule has 4 heteroatoms. The third-order valence-corrected chi connectivity index (χ3v) is 3.22. The molecule has 3 rings (SSSR count). The predicted octanol–water partition coefficient (Wildman–Crippen LogP) is 2.73. The summed E-state index contributed by atoms with van der Waals surface area (Å²) in [5, 5.41) is 3.32. The van der Waals surface area contributed by atoms with Crippen molar-refractivity contribution >= 4 is 5.82 Å².